The molecule has 0 rings (SSSR count). The number of hydrogen-bond acceptors (Lipinski definition) is 4. The highest BCUT2D eigenvalue weighted by molar-refractivity contribution is 5.76. The van der Waals surface area contributed by atoms with Crippen molar-refractivity contribution in [3.8, 4) is 0 Å². The van der Waals surface area contributed by atoms with Crippen LogP contribution < -0.4 is 5.32 Å². The Morgan fingerprint density at radius 1 is 0.558 bits per heavy atom. The number of aliphatic hydroxyl groups is 3. The van der Waals surface area contributed by atoms with Crippen molar-refractivity contribution in [2.45, 2.75) is 205 Å². The lowest BCUT2D eigenvalue weighted by Crippen LogP contribution is -2.50. The van der Waals surface area contributed by atoms with Gasteiger partial charge in [-0.1, -0.05) is 141 Å². The molecule has 0 saturated carbocycles. The summed E-state index contributed by atoms with van der Waals surface area (Å²) >= 11 is 0. The molecule has 254 valence electrons. The second-order valence-corrected chi connectivity index (χ2v) is 12.8. The SMILES string of the molecule is CCCCC/C=C/CCCC(O)C(O)C(CO)NC(=O)CCCCCCCCC/C=C\CCCCCCCCCCCC. The lowest BCUT2D eigenvalue weighted by atomic mass is 10.0. The van der Waals surface area contributed by atoms with Crippen molar-refractivity contribution in [2.24, 2.45) is 0 Å². The zero-order valence-electron chi connectivity index (χ0n) is 28.6. The van der Waals surface area contributed by atoms with Crippen LogP contribution in [0.2, 0.25) is 0 Å². The smallest absolute Gasteiger partial charge is 0.220 e. The van der Waals surface area contributed by atoms with E-state index < -0.39 is 18.2 Å². The Morgan fingerprint density at radius 2 is 0.930 bits per heavy atom. The first-order chi connectivity index (χ1) is 21.1. The molecule has 0 aromatic rings. The Morgan fingerprint density at radius 3 is 1.40 bits per heavy atom. The number of carbonyl (C=O) groups is 1. The highest BCUT2D eigenvalue weighted by Gasteiger charge is 2.26. The number of rotatable bonds is 33. The number of hydrogen-bond donors (Lipinski definition) is 4. The average Bonchev–Trinajstić information content (AvgIpc) is 3.01. The topological polar surface area (TPSA) is 89.8 Å². The van der Waals surface area contributed by atoms with E-state index in [0.29, 0.717) is 12.8 Å². The quantitative estimate of drug-likeness (QED) is 0.0441. The van der Waals surface area contributed by atoms with E-state index in [1.54, 1.807) is 0 Å². The number of carbonyl (C=O) groups excluding carboxylic acids is 1. The fourth-order valence-electron chi connectivity index (χ4n) is 5.57. The normalized spacial score (nSPS) is 14.1. The first-order valence-electron chi connectivity index (χ1n) is 18.6. The molecule has 3 unspecified atom stereocenters. The Balaban J connectivity index is 3.63. The number of aliphatic hydroxyl groups excluding tert-OH is 3. The van der Waals surface area contributed by atoms with Gasteiger partial charge in [-0.2, -0.15) is 0 Å². The van der Waals surface area contributed by atoms with Gasteiger partial charge in [0.1, 0.15) is 6.10 Å². The summed E-state index contributed by atoms with van der Waals surface area (Å²) in [7, 11) is 0. The van der Waals surface area contributed by atoms with E-state index in [1.807, 2.05) is 0 Å². The maximum Gasteiger partial charge on any atom is 0.220 e. The van der Waals surface area contributed by atoms with Crippen LogP contribution in [0.25, 0.3) is 0 Å². The second kappa shape index (κ2) is 33.7. The minimum Gasteiger partial charge on any atom is -0.394 e. The van der Waals surface area contributed by atoms with Crippen LogP contribution in [-0.4, -0.2) is 46.1 Å². The van der Waals surface area contributed by atoms with E-state index >= 15 is 0 Å². The van der Waals surface area contributed by atoms with E-state index in [-0.39, 0.29) is 12.5 Å². The van der Waals surface area contributed by atoms with Crippen molar-refractivity contribution < 1.29 is 20.1 Å². The second-order valence-electron chi connectivity index (χ2n) is 12.8. The van der Waals surface area contributed by atoms with Crippen LogP contribution in [0.15, 0.2) is 24.3 Å². The van der Waals surface area contributed by atoms with Crippen molar-refractivity contribution in [3.63, 3.8) is 0 Å². The van der Waals surface area contributed by atoms with Crippen LogP contribution in [0.1, 0.15) is 187 Å². The van der Waals surface area contributed by atoms with Crippen LogP contribution in [0.4, 0.5) is 0 Å². The number of allylic oxidation sites excluding steroid dienone is 4. The molecule has 5 nitrogen and oxygen atoms in total. The summed E-state index contributed by atoms with van der Waals surface area (Å²) in [6, 6.07) is -0.823. The third kappa shape index (κ3) is 29.3. The summed E-state index contributed by atoms with van der Waals surface area (Å²) < 4.78 is 0. The van der Waals surface area contributed by atoms with Gasteiger partial charge in [0, 0.05) is 6.42 Å². The van der Waals surface area contributed by atoms with Gasteiger partial charge in [-0.3, -0.25) is 4.79 Å². The molecule has 5 heteroatoms. The van der Waals surface area contributed by atoms with Crippen molar-refractivity contribution in [2.75, 3.05) is 6.61 Å². The van der Waals surface area contributed by atoms with Crippen molar-refractivity contribution in [3.05, 3.63) is 24.3 Å². The fraction of sp³-hybridized carbons (Fsp3) is 0.868. The first-order valence-corrected chi connectivity index (χ1v) is 18.6. The molecule has 0 heterocycles. The molecular formula is C38H73NO4. The van der Waals surface area contributed by atoms with Gasteiger partial charge in [-0.25, -0.2) is 0 Å². The summed E-state index contributed by atoms with van der Waals surface area (Å²) in [5, 5.41) is 33.1. The highest BCUT2D eigenvalue weighted by atomic mass is 16.3. The van der Waals surface area contributed by atoms with E-state index in [1.165, 1.54) is 122 Å². The van der Waals surface area contributed by atoms with Crippen LogP contribution in [-0.2, 0) is 4.79 Å². The lowest BCUT2D eigenvalue weighted by Gasteiger charge is -2.26. The van der Waals surface area contributed by atoms with Gasteiger partial charge in [-0.15, -0.1) is 0 Å². The van der Waals surface area contributed by atoms with Gasteiger partial charge in [0.2, 0.25) is 5.91 Å². The van der Waals surface area contributed by atoms with Crippen LogP contribution in [0.5, 0.6) is 0 Å². The molecule has 0 bridgehead atoms. The first kappa shape index (κ1) is 41.8. The van der Waals surface area contributed by atoms with Gasteiger partial charge in [0.25, 0.3) is 0 Å². The van der Waals surface area contributed by atoms with Crippen LogP contribution in [0.3, 0.4) is 0 Å². The highest BCUT2D eigenvalue weighted by Crippen LogP contribution is 2.14. The lowest BCUT2D eigenvalue weighted by molar-refractivity contribution is -0.124. The summed E-state index contributed by atoms with van der Waals surface area (Å²) in [6.07, 6.45) is 38.6. The van der Waals surface area contributed by atoms with Gasteiger partial charge in [0.15, 0.2) is 0 Å². The third-order valence-electron chi connectivity index (χ3n) is 8.53. The molecule has 1 amide bonds. The molecule has 0 aliphatic carbocycles. The molecule has 0 spiro atoms. The maximum atomic E-state index is 12.3. The van der Waals surface area contributed by atoms with E-state index in [4.69, 9.17) is 0 Å². The minimum absolute atomic E-state index is 0.162. The molecule has 3 atom stereocenters. The molecule has 0 aromatic heterocycles. The molecular weight excluding hydrogens is 534 g/mol. The number of amides is 1. The monoisotopic (exact) mass is 608 g/mol. The van der Waals surface area contributed by atoms with E-state index in [9.17, 15) is 20.1 Å². The maximum absolute atomic E-state index is 12.3. The minimum atomic E-state index is -1.16. The van der Waals surface area contributed by atoms with Gasteiger partial charge >= 0.3 is 0 Å². The standard InChI is InChI=1S/C38H73NO4/c1-3-5-7-9-11-13-14-15-16-17-18-19-20-21-22-23-24-25-27-29-31-33-37(42)39-35(34-40)38(43)36(41)32-30-28-26-12-10-8-6-4-2/h12,19-20,26,35-36,38,40-41,43H,3-11,13-18,21-25,27-34H2,1-2H3,(H,39,42)/b20-19-,26-12+. The van der Waals surface area contributed by atoms with Gasteiger partial charge < -0.3 is 20.6 Å². The van der Waals surface area contributed by atoms with E-state index in [2.05, 4.69) is 43.5 Å². The molecule has 0 fully saturated rings. The Bertz CT molecular complexity index is 635. The molecule has 0 aliphatic heterocycles. The van der Waals surface area contributed by atoms with Crippen molar-refractivity contribution in [1.29, 1.82) is 0 Å². The fourth-order valence-corrected chi connectivity index (χ4v) is 5.57. The van der Waals surface area contributed by atoms with Crippen LogP contribution >= 0.6 is 0 Å². The predicted octanol–water partition coefficient (Wildman–Crippen LogP) is 9.87. The molecule has 0 saturated heterocycles. The number of unbranched alkanes of at least 4 members (excludes halogenated alkanes) is 21. The Hall–Kier alpha value is -1.17. The summed E-state index contributed by atoms with van der Waals surface area (Å²) in [5.74, 6) is -0.162. The molecule has 43 heavy (non-hydrogen) atoms. The number of nitrogens with one attached hydrogen (secondary N) is 1. The largest absolute Gasteiger partial charge is 0.394 e. The molecule has 4 N–H and O–H groups in total. The van der Waals surface area contributed by atoms with Crippen LogP contribution in [0, 0.1) is 0 Å². The Kier molecular flexibility index (Phi) is 32.8. The molecule has 0 aliphatic rings. The van der Waals surface area contributed by atoms with Crippen molar-refractivity contribution >= 4 is 5.91 Å². The predicted molar refractivity (Wildman–Crippen MR) is 185 cm³/mol. The zero-order chi connectivity index (χ0) is 31.6. The van der Waals surface area contributed by atoms with Crippen molar-refractivity contribution in [1.82, 2.24) is 5.32 Å². The van der Waals surface area contributed by atoms with Gasteiger partial charge in [-0.05, 0) is 64.2 Å². The molecule has 0 aromatic carbocycles. The zero-order valence-corrected chi connectivity index (χ0v) is 28.6. The third-order valence-corrected chi connectivity index (χ3v) is 8.53. The summed E-state index contributed by atoms with van der Waals surface area (Å²) in [4.78, 5) is 12.3. The summed E-state index contributed by atoms with van der Waals surface area (Å²) in [6.45, 7) is 4.10. The summed E-state index contributed by atoms with van der Waals surface area (Å²) in [5.41, 5.74) is 0. The van der Waals surface area contributed by atoms with Gasteiger partial charge in [0.05, 0.1) is 18.8 Å². The van der Waals surface area contributed by atoms with E-state index in [0.717, 1.165) is 38.5 Å². The molecule has 0 radical (unpaired) electrons. The Labute approximate surface area is 267 Å². The average molecular weight is 608 g/mol.